The topological polar surface area (TPSA) is 44.8 Å². The van der Waals surface area contributed by atoms with Crippen molar-refractivity contribution < 1.29 is 18.1 Å². The van der Waals surface area contributed by atoms with E-state index >= 15 is 0 Å². The Morgan fingerprint density at radius 2 is 0.767 bits per heavy atom. The molecule has 0 saturated carbocycles. The van der Waals surface area contributed by atoms with Crippen molar-refractivity contribution in [3.8, 4) is 0 Å². The molecule has 0 radical (unpaired) electrons. The van der Waals surface area contributed by atoms with Crippen LogP contribution in [0.1, 0.15) is 119 Å². The fourth-order valence-electron chi connectivity index (χ4n) is 2.55. The maximum atomic E-state index is 12.2. The van der Waals surface area contributed by atoms with Crippen molar-refractivity contribution in [3.05, 3.63) is 0 Å². The van der Waals surface area contributed by atoms with Crippen LogP contribution in [0.3, 0.4) is 0 Å². The molecule has 0 rings (SSSR count). The third-order valence-corrected chi connectivity index (χ3v) is 9.07. The zero-order chi connectivity index (χ0) is 22.9. The Morgan fingerprint density at radius 1 is 0.500 bits per heavy atom. The second-order valence-corrected chi connectivity index (χ2v) is 12.3. The molecule has 0 N–H and O–H groups in total. The molecule has 0 saturated heterocycles. The fraction of sp³-hybridized carbons (Fsp3) is 1.00. The van der Waals surface area contributed by atoms with Gasteiger partial charge in [-0.05, 0) is 57.0 Å². The normalized spacial score (nSPS) is 11.6. The summed E-state index contributed by atoms with van der Waals surface area (Å²) in [6.45, 7) is 14.4. The predicted molar refractivity (Wildman–Crippen MR) is 136 cm³/mol. The predicted octanol–water partition coefficient (Wildman–Crippen LogP) is 9.41. The molecule has 0 unspecified atom stereocenters. The van der Waals surface area contributed by atoms with Gasteiger partial charge in [0, 0.05) is 0 Å². The van der Waals surface area contributed by atoms with Gasteiger partial charge in [0.2, 0.25) is 0 Å². The maximum Gasteiger partial charge on any atom is 0.474 e. The highest BCUT2D eigenvalue weighted by atomic mass is 31.2. The Balaban J connectivity index is 0. The lowest BCUT2D eigenvalue weighted by Crippen LogP contribution is -2.03. The van der Waals surface area contributed by atoms with Crippen LogP contribution in [-0.2, 0) is 18.1 Å². The lowest BCUT2D eigenvalue weighted by atomic mass is 10.4. The molecule has 0 spiro atoms. The Hall–Kier alpha value is 0.540. The number of unbranched alkanes of at least 4 members (excludes halogenated alkanes) is 6. The van der Waals surface area contributed by atoms with E-state index in [1.54, 1.807) is 18.5 Å². The first-order valence-corrected chi connectivity index (χ1v) is 16.1. The molecule has 0 aromatic carbocycles. The third-order valence-electron chi connectivity index (χ3n) is 4.73. The van der Waals surface area contributed by atoms with Crippen LogP contribution in [0, 0.1) is 0 Å². The van der Waals surface area contributed by atoms with Gasteiger partial charge in [0.1, 0.15) is 0 Å². The monoisotopic (exact) mass is 468 g/mol. The molecule has 0 aliphatic carbocycles. The van der Waals surface area contributed by atoms with Crippen LogP contribution in [0.4, 0.5) is 0 Å². The van der Waals surface area contributed by atoms with Crippen molar-refractivity contribution in [3.63, 3.8) is 0 Å². The summed E-state index contributed by atoms with van der Waals surface area (Å²) in [4.78, 5) is 0. The van der Waals surface area contributed by atoms with E-state index < -0.39 is 7.82 Å². The Morgan fingerprint density at radius 3 is 1.00 bits per heavy atom. The second-order valence-electron chi connectivity index (χ2n) is 7.91. The average molecular weight is 469 g/mol. The van der Waals surface area contributed by atoms with Gasteiger partial charge in [-0.15, -0.1) is 7.92 Å². The molecule has 0 aliphatic heterocycles. The van der Waals surface area contributed by atoms with Crippen molar-refractivity contribution >= 4 is 15.7 Å². The summed E-state index contributed by atoms with van der Waals surface area (Å²) in [6, 6.07) is 0. The first-order chi connectivity index (χ1) is 14.5. The van der Waals surface area contributed by atoms with Crippen LogP contribution in [0.25, 0.3) is 0 Å². The minimum atomic E-state index is -3.31. The van der Waals surface area contributed by atoms with Crippen molar-refractivity contribution in [2.45, 2.75) is 119 Å². The van der Waals surface area contributed by atoms with E-state index in [0.29, 0.717) is 27.7 Å². The zero-order valence-electron chi connectivity index (χ0n) is 21.3. The minimum absolute atomic E-state index is 0.422. The molecule has 184 valence electrons. The molecule has 0 aromatic heterocycles. The van der Waals surface area contributed by atoms with E-state index in [4.69, 9.17) is 13.6 Å². The maximum absolute atomic E-state index is 12.2. The highest BCUT2D eigenvalue weighted by molar-refractivity contribution is 7.57. The van der Waals surface area contributed by atoms with Crippen LogP contribution in [0.2, 0.25) is 0 Å². The van der Waals surface area contributed by atoms with Gasteiger partial charge in [0.15, 0.2) is 0 Å². The van der Waals surface area contributed by atoms with Gasteiger partial charge in [0.05, 0.1) is 19.8 Å². The van der Waals surface area contributed by atoms with Crippen molar-refractivity contribution in [2.24, 2.45) is 0 Å². The summed E-state index contributed by atoms with van der Waals surface area (Å²) in [6.07, 6.45) is 18.8. The van der Waals surface area contributed by atoms with Gasteiger partial charge in [-0.25, -0.2) is 4.57 Å². The number of phosphoric acid groups is 1. The summed E-state index contributed by atoms with van der Waals surface area (Å²) in [7, 11) is -2.89. The molecule has 30 heavy (non-hydrogen) atoms. The molecule has 0 bridgehead atoms. The summed E-state index contributed by atoms with van der Waals surface area (Å²) < 4.78 is 28.0. The molecule has 0 aromatic rings. The van der Waals surface area contributed by atoms with Gasteiger partial charge in [-0.1, -0.05) is 80.1 Å². The van der Waals surface area contributed by atoms with Crippen molar-refractivity contribution in [1.29, 1.82) is 0 Å². The highest BCUT2D eigenvalue weighted by Gasteiger charge is 2.25. The van der Waals surface area contributed by atoms with Crippen molar-refractivity contribution in [2.75, 3.05) is 38.3 Å². The lowest BCUT2D eigenvalue weighted by Gasteiger charge is -2.17. The largest absolute Gasteiger partial charge is 0.474 e. The van der Waals surface area contributed by atoms with Gasteiger partial charge in [-0.2, -0.15) is 0 Å². The first kappa shape index (κ1) is 32.7. The molecular weight excluding hydrogens is 414 g/mol. The number of phosphoric ester groups is 1. The van der Waals surface area contributed by atoms with Gasteiger partial charge < -0.3 is 0 Å². The Labute approximate surface area is 191 Å². The number of hydrogen-bond acceptors (Lipinski definition) is 4. The van der Waals surface area contributed by atoms with Crippen LogP contribution >= 0.6 is 15.7 Å². The Bertz CT molecular complexity index is 315. The first-order valence-electron chi connectivity index (χ1n) is 12.8. The summed E-state index contributed by atoms with van der Waals surface area (Å²) >= 11 is 0. The van der Waals surface area contributed by atoms with Crippen LogP contribution in [0.15, 0.2) is 0 Å². The van der Waals surface area contributed by atoms with E-state index in [0.717, 1.165) is 38.5 Å². The van der Waals surface area contributed by atoms with Crippen LogP contribution in [0.5, 0.6) is 0 Å². The second kappa shape index (κ2) is 25.8. The third kappa shape index (κ3) is 23.2. The molecule has 0 amide bonds. The van der Waals surface area contributed by atoms with E-state index in [2.05, 4.69) is 41.5 Å². The highest BCUT2D eigenvalue weighted by Crippen LogP contribution is 2.49. The summed E-state index contributed by atoms with van der Waals surface area (Å²) in [5.41, 5.74) is 0. The van der Waals surface area contributed by atoms with E-state index in [1.165, 1.54) is 38.5 Å². The fourth-order valence-corrected chi connectivity index (χ4v) is 6.80. The van der Waals surface area contributed by atoms with E-state index in [1.807, 2.05) is 0 Å². The summed E-state index contributed by atoms with van der Waals surface area (Å²) in [5.74, 6) is 0. The molecule has 0 atom stereocenters. The van der Waals surface area contributed by atoms with Crippen molar-refractivity contribution in [1.82, 2.24) is 0 Å². The smallest absolute Gasteiger partial charge is 0.287 e. The van der Waals surface area contributed by atoms with E-state index in [9.17, 15) is 4.57 Å². The molecular formula is C24H54O4P2. The zero-order valence-corrected chi connectivity index (χ0v) is 23.0. The quantitative estimate of drug-likeness (QED) is 0.124. The summed E-state index contributed by atoms with van der Waals surface area (Å²) in [5, 5.41) is 0. The molecule has 6 heteroatoms. The standard InChI is InChI=1S/C12H27O4P.C12H27P/c1-4-7-10-14-17(13,15-11-8-5-2)16-12-9-6-3;1-4-7-10-13(11-8-5-2)12-9-6-3/h4-12H2,1-3H3;4-12H2,1-3H3. The SMILES string of the molecule is CCCCOP(=O)(OCCCC)OCCCC.CCCCP(CCCC)CCCC. The molecule has 0 aliphatic rings. The number of rotatable bonds is 21. The Kier molecular flexibility index (Phi) is 28.1. The molecule has 4 nitrogen and oxygen atoms in total. The van der Waals surface area contributed by atoms with E-state index in [-0.39, 0.29) is 0 Å². The van der Waals surface area contributed by atoms with Gasteiger partial charge >= 0.3 is 7.82 Å². The van der Waals surface area contributed by atoms with Gasteiger partial charge in [-0.3, -0.25) is 13.6 Å². The molecule has 0 fully saturated rings. The lowest BCUT2D eigenvalue weighted by molar-refractivity contribution is 0.110. The number of hydrogen-bond donors (Lipinski definition) is 0. The van der Waals surface area contributed by atoms with Crippen LogP contribution < -0.4 is 0 Å². The van der Waals surface area contributed by atoms with Crippen LogP contribution in [-0.4, -0.2) is 38.3 Å². The minimum Gasteiger partial charge on any atom is -0.287 e. The average Bonchev–Trinajstić information content (AvgIpc) is 2.74. The van der Waals surface area contributed by atoms with Gasteiger partial charge in [0.25, 0.3) is 0 Å². The molecule has 0 heterocycles.